The van der Waals surface area contributed by atoms with E-state index in [-0.39, 0.29) is 11.8 Å². The molecule has 0 spiro atoms. The third kappa shape index (κ3) is 13.8. The van der Waals surface area contributed by atoms with Crippen molar-refractivity contribution in [2.45, 2.75) is 76.3 Å². The van der Waals surface area contributed by atoms with E-state index in [0.717, 1.165) is 62.5 Å². The van der Waals surface area contributed by atoms with Crippen LogP contribution in [0.5, 0.6) is 0 Å². The van der Waals surface area contributed by atoms with Crippen molar-refractivity contribution in [2.75, 3.05) is 13.1 Å². The van der Waals surface area contributed by atoms with Crippen molar-refractivity contribution in [2.24, 2.45) is 0 Å². The molecule has 0 aliphatic heterocycles. The number of nitrogens with one attached hydrogen (secondary N) is 4. The summed E-state index contributed by atoms with van der Waals surface area (Å²) < 4.78 is 0. The minimum absolute atomic E-state index is 0.337. The molecule has 262 valence electrons. The van der Waals surface area contributed by atoms with Crippen molar-refractivity contribution in [3.05, 3.63) is 132 Å². The minimum Gasteiger partial charge on any atom is -0.306 e. The van der Waals surface area contributed by atoms with Crippen molar-refractivity contribution in [1.82, 2.24) is 31.2 Å². The number of rotatable bonds is 21. The monoisotopic (exact) mass is 676 g/mol. The fourth-order valence-electron chi connectivity index (χ4n) is 5.63. The SMILES string of the molecule is O=C(NC(=O)C(Cc1ccccc1)NCCCCCCCCCCNC(Cc1ccccc1)C(=O)NC(=O)c1ccncc1)c1ccncc1. The van der Waals surface area contributed by atoms with Gasteiger partial charge >= 0.3 is 0 Å². The van der Waals surface area contributed by atoms with Gasteiger partial charge in [-0.25, -0.2) is 0 Å². The van der Waals surface area contributed by atoms with Crippen LogP contribution in [0.15, 0.2) is 110 Å². The lowest BCUT2D eigenvalue weighted by molar-refractivity contribution is -0.123. The quantitative estimate of drug-likeness (QED) is 0.0882. The average molecular weight is 677 g/mol. The van der Waals surface area contributed by atoms with Crippen molar-refractivity contribution < 1.29 is 19.2 Å². The van der Waals surface area contributed by atoms with Crippen molar-refractivity contribution in [1.29, 1.82) is 0 Å². The maximum absolute atomic E-state index is 13.0. The summed E-state index contributed by atoms with van der Waals surface area (Å²) >= 11 is 0. The van der Waals surface area contributed by atoms with E-state index in [2.05, 4.69) is 31.2 Å². The summed E-state index contributed by atoms with van der Waals surface area (Å²) in [6.07, 6.45) is 15.6. The highest BCUT2D eigenvalue weighted by Gasteiger charge is 2.22. The molecule has 2 atom stereocenters. The molecule has 50 heavy (non-hydrogen) atoms. The van der Waals surface area contributed by atoms with Gasteiger partial charge in [-0.1, -0.05) is 99.2 Å². The Morgan fingerprint density at radius 3 is 1.16 bits per heavy atom. The Hall–Kier alpha value is -5.06. The van der Waals surface area contributed by atoms with Gasteiger partial charge in [-0.3, -0.25) is 39.8 Å². The predicted octanol–water partition coefficient (Wildman–Crippen LogP) is 5.21. The number of hydrogen-bond acceptors (Lipinski definition) is 8. The van der Waals surface area contributed by atoms with Crippen LogP contribution in [-0.2, 0) is 22.4 Å². The number of unbranched alkanes of at least 4 members (excludes halogenated alkanes) is 7. The van der Waals surface area contributed by atoms with Crippen LogP contribution in [0, 0.1) is 0 Å². The molecule has 4 amide bonds. The summed E-state index contributed by atoms with van der Waals surface area (Å²) in [4.78, 5) is 59.1. The molecule has 0 radical (unpaired) electrons. The number of benzene rings is 2. The van der Waals surface area contributed by atoms with Gasteiger partial charge in [0.25, 0.3) is 11.8 Å². The maximum Gasteiger partial charge on any atom is 0.257 e. The smallest absolute Gasteiger partial charge is 0.257 e. The Bertz CT molecular complexity index is 1470. The summed E-state index contributed by atoms with van der Waals surface area (Å²) in [6.45, 7) is 1.37. The van der Waals surface area contributed by atoms with Gasteiger partial charge < -0.3 is 10.6 Å². The first kappa shape index (κ1) is 37.8. The third-order valence-electron chi connectivity index (χ3n) is 8.44. The van der Waals surface area contributed by atoms with Crippen LogP contribution in [0.1, 0.15) is 83.2 Å². The summed E-state index contributed by atoms with van der Waals surface area (Å²) in [6, 6.07) is 24.9. The normalized spacial score (nSPS) is 12.1. The molecule has 0 saturated heterocycles. The fraction of sp³-hybridized carbons (Fsp3) is 0.350. The molecular formula is C40H48N6O4. The number of nitrogens with zero attached hydrogens (tertiary/aromatic N) is 2. The molecule has 0 bridgehead atoms. The molecule has 0 aliphatic rings. The van der Waals surface area contributed by atoms with E-state index in [9.17, 15) is 19.2 Å². The molecular weight excluding hydrogens is 628 g/mol. The second kappa shape index (κ2) is 21.8. The largest absolute Gasteiger partial charge is 0.306 e. The highest BCUT2D eigenvalue weighted by atomic mass is 16.2. The van der Waals surface area contributed by atoms with Crippen LogP contribution in [0.2, 0.25) is 0 Å². The molecule has 10 heteroatoms. The number of hydrogen-bond donors (Lipinski definition) is 4. The first-order valence-corrected chi connectivity index (χ1v) is 17.5. The molecule has 0 aliphatic carbocycles. The molecule has 2 unspecified atom stereocenters. The Kier molecular flexibility index (Phi) is 16.5. The average Bonchev–Trinajstić information content (AvgIpc) is 3.15. The van der Waals surface area contributed by atoms with Crippen molar-refractivity contribution in [3.8, 4) is 0 Å². The third-order valence-corrected chi connectivity index (χ3v) is 8.44. The number of amides is 4. The van der Waals surface area contributed by atoms with Gasteiger partial charge in [0.1, 0.15) is 0 Å². The summed E-state index contributed by atoms with van der Waals surface area (Å²) in [5.74, 6) is -1.54. The highest BCUT2D eigenvalue weighted by molar-refractivity contribution is 6.06. The van der Waals surface area contributed by atoms with Crippen LogP contribution in [-0.4, -0.2) is 58.8 Å². The molecule has 2 aromatic heterocycles. The van der Waals surface area contributed by atoms with Gasteiger partial charge in [0.05, 0.1) is 12.1 Å². The van der Waals surface area contributed by atoms with Crippen LogP contribution in [0.3, 0.4) is 0 Å². The van der Waals surface area contributed by atoms with Crippen molar-refractivity contribution >= 4 is 23.6 Å². The maximum atomic E-state index is 13.0. The summed E-state index contributed by atoms with van der Waals surface area (Å²) in [5, 5.41) is 11.8. The van der Waals surface area contributed by atoms with Gasteiger partial charge in [0.15, 0.2) is 0 Å². The van der Waals surface area contributed by atoms with Gasteiger partial charge in [-0.2, -0.15) is 0 Å². The van der Waals surface area contributed by atoms with Crippen LogP contribution < -0.4 is 21.3 Å². The molecule has 0 saturated carbocycles. The first-order chi connectivity index (χ1) is 24.5. The Morgan fingerprint density at radius 1 is 0.460 bits per heavy atom. The van der Waals surface area contributed by atoms with E-state index in [1.807, 2.05) is 60.7 Å². The van der Waals surface area contributed by atoms with Crippen LogP contribution in [0.4, 0.5) is 0 Å². The van der Waals surface area contributed by atoms with E-state index < -0.39 is 23.9 Å². The van der Waals surface area contributed by atoms with Crippen LogP contribution in [0.25, 0.3) is 0 Å². The van der Waals surface area contributed by atoms with Gasteiger partial charge in [0.2, 0.25) is 11.8 Å². The zero-order valence-electron chi connectivity index (χ0n) is 28.6. The highest BCUT2D eigenvalue weighted by Crippen LogP contribution is 2.10. The zero-order valence-corrected chi connectivity index (χ0v) is 28.6. The number of carbonyl (C=O) groups is 4. The van der Waals surface area contributed by atoms with E-state index in [4.69, 9.17) is 0 Å². The minimum atomic E-state index is -0.517. The molecule has 2 aromatic carbocycles. The number of pyridine rings is 2. The molecule has 4 aromatic rings. The van der Waals surface area contributed by atoms with Crippen molar-refractivity contribution in [3.63, 3.8) is 0 Å². The second-order valence-corrected chi connectivity index (χ2v) is 12.3. The molecule has 2 heterocycles. The van der Waals surface area contributed by atoms with E-state index in [1.54, 1.807) is 24.3 Å². The Labute approximate surface area is 294 Å². The Balaban J connectivity index is 1.10. The zero-order chi connectivity index (χ0) is 35.2. The predicted molar refractivity (Wildman–Crippen MR) is 194 cm³/mol. The van der Waals surface area contributed by atoms with E-state index in [1.165, 1.54) is 24.8 Å². The van der Waals surface area contributed by atoms with E-state index in [0.29, 0.717) is 37.1 Å². The number of aromatic nitrogens is 2. The van der Waals surface area contributed by atoms with Gasteiger partial charge in [-0.05, 0) is 74.2 Å². The lowest BCUT2D eigenvalue weighted by Crippen LogP contribution is -2.47. The topological polar surface area (TPSA) is 142 Å². The lowest BCUT2D eigenvalue weighted by atomic mass is 10.0. The number of imide groups is 2. The van der Waals surface area contributed by atoms with E-state index >= 15 is 0 Å². The van der Waals surface area contributed by atoms with Crippen LogP contribution >= 0.6 is 0 Å². The summed E-state index contributed by atoms with van der Waals surface area (Å²) in [7, 11) is 0. The lowest BCUT2D eigenvalue weighted by Gasteiger charge is -2.18. The standard InChI is InChI=1S/C40H48N6O4/c47-37(33-19-25-41-26-20-33)45-39(49)35(29-31-15-9-7-10-16-31)43-23-13-5-3-1-2-4-6-14-24-44-36(30-32-17-11-8-12-18-32)40(50)46-38(48)34-21-27-42-28-22-34/h7-12,15-22,25-28,35-36,43-44H,1-6,13-14,23-24,29-30H2,(H,45,47,49)(H,46,48,50). The number of carbonyl (C=O) groups excluding carboxylic acids is 4. The van der Waals surface area contributed by atoms with Gasteiger partial charge in [0, 0.05) is 35.9 Å². The molecule has 0 fully saturated rings. The first-order valence-electron chi connectivity index (χ1n) is 17.5. The summed E-state index contributed by atoms with van der Waals surface area (Å²) in [5.41, 5.74) is 2.84. The molecule has 10 nitrogen and oxygen atoms in total. The van der Waals surface area contributed by atoms with Gasteiger partial charge in [-0.15, -0.1) is 0 Å². The molecule has 4 rings (SSSR count). The second-order valence-electron chi connectivity index (χ2n) is 12.3. The molecule has 4 N–H and O–H groups in total. The fourth-order valence-corrected chi connectivity index (χ4v) is 5.63. The Morgan fingerprint density at radius 2 is 0.800 bits per heavy atom.